The minimum Gasteiger partial charge on any atom is -0.304 e. The average Bonchev–Trinajstić information content (AvgIpc) is 2.38. The predicted octanol–water partition coefficient (Wildman–Crippen LogP) is 1.18. The van der Waals surface area contributed by atoms with Gasteiger partial charge in [-0.15, -0.1) is 0 Å². The highest BCUT2D eigenvalue weighted by atomic mass is 32.2. The molecule has 2 rings (SSSR count). The summed E-state index contributed by atoms with van der Waals surface area (Å²) in [5, 5.41) is 0. The van der Waals surface area contributed by atoms with Crippen LogP contribution in [0.5, 0.6) is 0 Å². The summed E-state index contributed by atoms with van der Waals surface area (Å²) in [6.07, 6.45) is 0. The normalized spacial score (nSPS) is 19.9. The van der Waals surface area contributed by atoms with Gasteiger partial charge >= 0.3 is 0 Å². The number of likely N-dealkylation sites (N-methyl/N-ethyl adjacent to an activating group) is 1. The van der Waals surface area contributed by atoms with E-state index in [0.717, 1.165) is 32.7 Å². The molecule has 1 saturated heterocycles. The lowest BCUT2D eigenvalue weighted by molar-refractivity contribution is 0.161. The predicted molar refractivity (Wildman–Crippen MR) is 71.6 cm³/mol. The molecule has 1 aliphatic heterocycles. The Morgan fingerprint density at radius 2 is 1.89 bits per heavy atom. The smallest absolute Gasteiger partial charge is 0.139 e. The molecule has 1 unspecified atom stereocenters. The molecule has 0 aliphatic carbocycles. The fourth-order valence-corrected chi connectivity index (χ4v) is 3.18. The molecule has 18 heavy (non-hydrogen) atoms. The monoisotopic (exact) mass is 270 g/mol. The van der Waals surface area contributed by atoms with Crippen LogP contribution in [0, 0.1) is 5.82 Å². The van der Waals surface area contributed by atoms with Gasteiger partial charge in [-0.3, -0.25) is 9.11 Å². The Balaban J connectivity index is 1.84. The summed E-state index contributed by atoms with van der Waals surface area (Å²) in [6, 6.07) is 6.32. The van der Waals surface area contributed by atoms with Crippen molar-refractivity contribution in [3.8, 4) is 0 Å². The highest BCUT2D eigenvalue weighted by molar-refractivity contribution is 7.85. The van der Waals surface area contributed by atoms with E-state index < -0.39 is 10.8 Å². The van der Waals surface area contributed by atoms with Gasteiger partial charge in [0.05, 0.1) is 15.7 Å². The van der Waals surface area contributed by atoms with Crippen LogP contribution in [0.2, 0.25) is 0 Å². The molecule has 0 N–H and O–H groups in total. The average molecular weight is 270 g/mol. The molecule has 0 saturated carbocycles. The van der Waals surface area contributed by atoms with Crippen molar-refractivity contribution in [2.45, 2.75) is 4.90 Å². The minimum absolute atomic E-state index is 0.326. The number of piperazine rings is 1. The summed E-state index contributed by atoms with van der Waals surface area (Å²) in [5.74, 6) is 0.138. The van der Waals surface area contributed by atoms with Crippen molar-refractivity contribution in [3.05, 3.63) is 30.1 Å². The molecule has 1 aromatic carbocycles. The van der Waals surface area contributed by atoms with Crippen molar-refractivity contribution in [1.29, 1.82) is 0 Å². The van der Waals surface area contributed by atoms with Gasteiger partial charge in [-0.05, 0) is 19.2 Å². The molecule has 1 atom stereocenters. The Labute approximate surface area is 110 Å². The Morgan fingerprint density at radius 3 is 2.56 bits per heavy atom. The van der Waals surface area contributed by atoms with Gasteiger partial charge in [0.2, 0.25) is 0 Å². The van der Waals surface area contributed by atoms with Crippen LogP contribution < -0.4 is 0 Å². The maximum absolute atomic E-state index is 13.4. The first-order valence-electron chi connectivity index (χ1n) is 6.20. The topological polar surface area (TPSA) is 23.6 Å². The Bertz CT molecular complexity index is 419. The Kier molecular flexibility index (Phi) is 4.86. The molecule has 1 aromatic rings. The van der Waals surface area contributed by atoms with Crippen molar-refractivity contribution in [3.63, 3.8) is 0 Å². The lowest BCUT2D eigenvalue weighted by Gasteiger charge is -2.32. The standard InChI is InChI=1S/C13H19FN2OS/c1-15-6-8-16(9-7-15)10-11-18(17)13-5-3-2-4-12(13)14/h2-5H,6-11H2,1H3. The molecule has 0 bridgehead atoms. The van der Waals surface area contributed by atoms with E-state index in [-0.39, 0.29) is 5.82 Å². The van der Waals surface area contributed by atoms with Crippen LogP contribution in [0.15, 0.2) is 29.2 Å². The zero-order valence-electron chi connectivity index (χ0n) is 10.6. The van der Waals surface area contributed by atoms with Gasteiger partial charge in [-0.2, -0.15) is 0 Å². The molecule has 1 fully saturated rings. The lowest BCUT2D eigenvalue weighted by atomic mass is 10.3. The molecule has 3 nitrogen and oxygen atoms in total. The Hall–Kier alpha value is -0.780. The van der Waals surface area contributed by atoms with Crippen LogP contribution in [0.4, 0.5) is 4.39 Å². The van der Waals surface area contributed by atoms with Crippen molar-refractivity contribution in [2.24, 2.45) is 0 Å². The maximum Gasteiger partial charge on any atom is 0.139 e. The number of benzene rings is 1. The molecule has 0 aromatic heterocycles. The van der Waals surface area contributed by atoms with E-state index in [1.807, 2.05) is 0 Å². The van der Waals surface area contributed by atoms with Crippen molar-refractivity contribution in [2.75, 3.05) is 45.5 Å². The maximum atomic E-state index is 13.4. The van der Waals surface area contributed by atoms with E-state index in [4.69, 9.17) is 0 Å². The second-order valence-corrected chi connectivity index (χ2v) is 6.16. The second-order valence-electron chi connectivity index (χ2n) is 4.62. The molecule has 0 radical (unpaired) electrons. The summed E-state index contributed by atoms with van der Waals surface area (Å²) in [4.78, 5) is 4.90. The number of hydrogen-bond acceptors (Lipinski definition) is 3. The number of rotatable bonds is 4. The van der Waals surface area contributed by atoms with E-state index in [9.17, 15) is 8.60 Å². The largest absolute Gasteiger partial charge is 0.304 e. The van der Waals surface area contributed by atoms with Crippen LogP contribution in [0.3, 0.4) is 0 Å². The summed E-state index contributed by atoms with van der Waals surface area (Å²) in [5.41, 5.74) is 0. The molecule has 100 valence electrons. The quantitative estimate of drug-likeness (QED) is 0.821. The van der Waals surface area contributed by atoms with E-state index in [0.29, 0.717) is 10.6 Å². The molecule has 5 heteroatoms. The van der Waals surface area contributed by atoms with Gasteiger partial charge in [-0.1, -0.05) is 12.1 Å². The van der Waals surface area contributed by atoms with Gasteiger partial charge < -0.3 is 4.90 Å². The summed E-state index contributed by atoms with van der Waals surface area (Å²) in [7, 11) is 0.870. The molecule has 1 aliphatic rings. The number of halogens is 1. The van der Waals surface area contributed by atoms with E-state index in [2.05, 4.69) is 16.8 Å². The van der Waals surface area contributed by atoms with Crippen molar-refractivity contribution >= 4 is 10.8 Å². The van der Waals surface area contributed by atoms with Crippen LogP contribution in [-0.2, 0) is 10.8 Å². The lowest BCUT2D eigenvalue weighted by Crippen LogP contribution is -2.45. The third-order valence-electron chi connectivity index (χ3n) is 3.27. The van der Waals surface area contributed by atoms with E-state index in [1.165, 1.54) is 6.07 Å². The fourth-order valence-electron chi connectivity index (χ4n) is 2.02. The summed E-state index contributed by atoms with van der Waals surface area (Å²) >= 11 is 0. The van der Waals surface area contributed by atoms with E-state index >= 15 is 0 Å². The zero-order chi connectivity index (χ0) is 13.0. The molecule has 1 heterocycles. The number of hydrogen-bond donors (Lipinski definition) is 0. The third-order valence-corrected chi connectivity index (χ3v) is 4.65. The molecule has 0 spiro atoms. The van der Waals surface area contributed by atoms with Crippen LogP contribution in [-0.4, -0.2) is 59.5 Å². The molecular weight excluding hydrogens is 251 g/mol. The third kappa shape index (κ3) is 3.60. The minimum atomic E-state index is -1.24. The van der Waals surface area contributed by atoms with Crippen LogP contribution in [0.25, 0.3) is 0 Å². The van der Waals surface area contributed by atoms with Crippen LogP contribution in [0.1, 0.15) is 0 Å². The van der Waals surface area contributed by atoms with Crippen molar-refractivity contribution < 1.29 is 8.60 Å². The second kappa shape index (κ2) is 6.41. The number of nitrogens with zero attached hydrogens (tertiary/aromatic N) is 2. The molecular formula is C13H19FN2OS. The zero-order valence-corrected chi connectivity index (χ0v) is 11.5. The van der Waals surface area contributed by atoms with Gasteiger partial charge in [0, 0.05) is 38.5 Å². The van der Waals surface area contributed by atoms with Gasteiger partial charge in [0.1, 0.15) is 5.82 Å². The fraction of sp³-hybridized carbons (Fsp3) is 0.538. The first kappa shape index (κ1) is 13.6. The van der Waals surface area contributed by atoms with Gasteiger partial charge in [0.15, 0.2) is 0 Å². The Morgan fingerprint density at radius 1 is 1.22 bits per heavy atom. The highest BCUT2D eigenvalue weighted by Gasteiger charge is 2.15. The SMILES string of the molecule is CN1CCN(CCS(=O)c2ccccc2F)CC1. The van der Waals surface area contributed by atoms with Gasteiger partial charge in [-0.25, -0.2) is 4.39 Å². The van der Waals surface area contributed by atoms with Crippen LogP contribution >= 0.6 is 0 Å². The van der Waals surface area contributed by atoms with Gasteiger partial charge in [0.25, 0.3) is 0 Å². The summed E-state index contributed by atoms with van der Waals surface area (Å²) < 4.78 is 25.5. The first-order valence-corrected chi connectivity index (χ1v) is 7.52. The van der Waals surface area contributed by atoms with Crippen molar-refractivity contribution in [1.82, 2.24) is 9.80 Å². The summed E-state index contributed by atoms with van der Waals surface area (Å²) in [6.45, 7) is 4.88. The molecule has 0 amide bonds. The van der Waals surface area contributed by atoms with E-state index in [1.54, 1.807) is 18.2 Å². The first-order chi connectivity index (χ1) is 8.66. The highest BCUT2D eigenvalue weighted by Crippen LogP contribution is 2.12.